The van der Waals surface area contributed by atoms with Crippen molar-refractivity contribution in [3.05, 3.63) is 59.7 Å². The van der Waals surface area contributed by atoms with Crippen LogP contribution in [0.25, 0.3) is 0 Å². The first kappa shape index (κ1) is 12.0. The van der Waals surface area contributed by atoms with Gasteiger partial charge in [0, 0.05) is 6.54 Å². The summed E-state index contributed by atoms with van der Waals surface area (Å²) in [6.07, 6.45) is 0. The van der Waals surface area contributed by atoms with Crippen LogP contribution in [0.5, 0.6) is 5.75 Å². The summed E-state index contributed by atoms with van der Waals surface area (Å²) in [5.41, 5.74) is 6.91. The number of carbonyl (C=O) groups is 1. The van der Waals surface area contributed by atoms with Gasteiger partial charge < -0.3 is 16.2 Å². The monoisotopic (exact) mass is 242 g/mol. The van der Waals surface area contributed by atoms with Crippen LogP contribution in [-0.2, 0) is 6.54 Å². The largest absolute Gasteiger partial charge is 0.505 e. The molecular weight excluding hydrogens is 228 g/mol. The molecule has 2 aromatic rings. The van der Waals surface area contributed by atoms with Crippen LogP contribution in [0.1, 0.15) is 15.9 Å². The normalized spacial score (nSPS) is 10.0. The zero-order valence-electron chi connectivity index (χ0n) is 9.76. The second-order valence-corrected chi connectivity index (χ2v) is 3.91. The molecule has 0 bridgehead atoms. The van der Waals surface area contributed by atoms with Crippen molar-refractivity contribution in [2.75, 3.05) is 5.73 Å². The lowest BCUT2D eigenvalue weighted by atomic mass is 10.1. The molecule has 0 saturated heterocycles. The smallest absolute Gasteiger partial charge is 0.255 e. The van der Waals surface area contributed by atoms with E-state index in [0.717, 1.165) is 5.56 Å². The first-order valence-electron chi connectivity index (χ1n) is 5.58. The molecule has 0 radical (unpaired) electrons. The van der Waals surface area contributed by atoms with Gasteiger partial charge in [0.2, 0.25) is 0 Å². The number of nitrogen functional groups attached to an aromatic ring is 1. The molecule has 0 saturated carbocycles. The Morgan fingerprint density at radius 3 is 2.56 bits per heavy atom. The summed E-state index contributed by atoms with van der Waals surface area (Å²) in [5.74, 6) is -0.522. The molecule has 0 aliphatic rings. The lowest BCUT2D eigenvalue weighted by molar-refractivity contribution is 0.0948. The summed E-state index contributed by atoms with van der Waals surface area (Å²) in [6, 6.07) is 14.3. The molecule has 0 aliphatic carbocycles. The van der Waals surface area contributed by atoms with Crippen LogP contribution in [0.15, 0.2) is 48.5 Å². The van der Waals surface area contributed by atoms with E-state index in [-0.39, 0.29) is 22.9 Å². The first-order valence-corrected chi connectivity index (χ1v) is 5.58. The maximum absolute atomic E-state index is 11.9. The minimum absolute atomic E-state index is 0.178. The van der Waals surface area contributed by atoms with E-state index >= 15 is 0 Å². The number of phenols is 1. The van der Waals surface area contributed by atoms with E-state index in [2.05, 4.69) is 5.32 Å². The zero-order chi connectivity index (χ0) is 13.0. The van der Waals surface area contributed by atoms with E-state index in [1.165, 1.54) is 6.07 Å². The van der Waals surface area contributed by atoms with E-state index in [1.54, 1.807) is 12.1 Å². The number of para-hydroxylation sites is 1. The SMILES string of the molecule is Nc1cccc(C(=O)NCc2ccccc2)c1O. The summed E-state index contributed by atoms with van der Waals surface area (Å²) in [6.45, 7) is 0.411. The Morgan fingerprint density at radius 1 is 1.11 bits per heavy atom. The molecule has 0 aliphatic heterocycles. The fourth-order valence-corrected chi connectivity index (χ4v) is 1.62. The van der Waals surface area contributed by atoms with Crippen LogP contribution < -0.4 is 11.1 Å². The lowest BCUT2D eigenvalue weighted by Crippen LogP contribution is -2.23. The van der Waals surface area contributed by atoms with Gasteiger partial charge in [-0.3, -0.25) is 4.79 Å². The number of nitrogens with one attached hydrogen (secondary N) is 1. The van der Waals surface area contributed by atoms with Crippen LogP contribution in [0, 0.1) is 0 Å². The molecule has 0 spiro atoms. The van der Waals surface area contributed by atoms with Gasteiger partial charge in [0.15, 0.2) is 5.75 Å². The summed E-state index contributed by atoms with van der Waals surface area (Å²) in [7, 11) is 0. The van der Waals surface area contributed by atoms with E-state index in [1.807, 2.05) is 30.3 Å². The predicted molar refractivity (Wildman–Crippen MR) is 70.1 cm³/mol. The Balaban J connectivity index is 2.07. The molecule has 4 N–H and O–H groups in total. The lowest BCUT2D eigenvalue weighted by Gasteiger charge is -2.08. The van der Waals surface area contributed by atoms with Crippen LogP contribution in [0.4, 0.5) is 5.69 Å². The van der Waals surface area contributed by atoms with Crippen LogP contribution >= 0.6 is 0 Å². The molecule has 18 heavy (non-hydrogen) atoms. The number of amides is 1. The average Bonchev–Trinajstić information content (AvgIpc) is 2.40. The highest BCUT2D eigenvalue weighted by Gasteiger charge is 2.12. The Bertz CT molecular complexity index is 553. The number of aromatic hydroxyl groups is 1. The fraction of sp³-hybridized carbons (Fsp3) is 0.0714. The van der Waals surface area contributed by atoms with E-state index in [9.17, 15) is 9.90 Å². The Hall–Kier alpha value is -2.49. The third kappa shape index (κ3) is 2.60. The van der Waals surface area contributed by atoms with E-state index < -0.39 is 0 Å². The zero-order valence-corrected chi connectivity index (χ0v) is 9.76. The second-order valence-electron chi connectivity index (χ2n) is 3.91. The highest BCUT2D eigenvalue weighted by molar-refractivity contribution is 5.98. The highest BCUT2D eigenvalue weighted by Crippen LogP contribution is 2.24. The summed E-state index contributed by atoms with van der Waals surface area (Å²) in [5, 5.41) is 12.4. The van der Waals surface area contributed by atoms with Gasteiger partial charge in [-0.25, -0.2) is 0 Å². The van der Waals surface area contributed by atoms with Gasteiger partial charge in [0.05, 0.1) is 11.3 Å². The number of hydrogen-bond acceptors (Lipinski definition) is 3. The van der Waals surface area contributed by atoms with E-state index in [0.29, 0.717) is 6.54 Å². The van der Waals surface area contributed by atoms with Gasteiger partial charge in [-0.15, -0.1) is 0 Å². The van der Waals surface area contributed by atoms with E-state index in [4.69, 9.17) is 5.73 Å². The number of hydrogen-bond donors (Lipinski definition) is 3. The van der Waals surface area contributed by atoms with Crippen molar-refractivity contribution in [1.82, 2.24) is 5.32 Å². The molecule has 0 unspecified atom stereocenters. The van der Waals surface area contributed by atoms with Gasteiger partial charge in [-0.2, -0.15) is 0 Å². The third-order valence-corrected chi connectivity index (χ3v) is 2.61. The first-order chi connectivity index (χ1) is 8.68. The quantitative estimate of drug-likeness (QED) is 0.568. The van der Waals surface area contributed by atoms with Crippen molar-refractivity contribution < 1.29 is 9.90 Å². The number of benzene rings is 2. The number of rotatable bonds is 3. The van der Waals surface area contributed by atoms with Crippen LogP contribution in [-0.4, -0.2) is 11.0 Å². The molecule has 0 heterocycles. The molecule has 0 aromatic heterocycles. The molecular formula is C14H14N2O2. The molecule has 92 valence electrons. The molecule has 1 amide bonds. The molecule has 0 atom stereocenters. The highest BCUT2D eigenvalue weighted by atomic mass is 16.3. The minimum atomic E-state index is -0.344. The molecule has 4 heteroatoms. The number of phenolic OH excluding ortho intramolecular Hbond substituents is 1. The van der Waals surface area contributed by atoms with Crippen molar-refractivity contribution in [2.24, 2.45) is 0 Å². The van der Waals surface area contributed by atoms with Crippen molar-refractivity contribution in [1.29, 1.82) is 0 Å². The summed E-state index contributed by atoms with van der Waals surface area (Å²) >= 11 is 0. The predicted octanol–water partition coefficient (Wildman–Crippen LogP) is 1.90. The average molecular weight is 242 g/mol. The Morgan fingerprint density at radius 2 is 1.83 bits per heavy atom. The maximum Gasteiger partial charge on any atom is 0.255 e. The van der Waals surface area contributed by atoms with Crippen molar-refractivity contribution in [3.63, 3.8) is 0 Å². The van der Waals surface area contributed by atoms with Gasteiger partial charge in [-0.1, -0.05) is 36.4 Å². The standard InChI is InChI=1S/C14H14N2O2/c15-12-8-4-7-11(13(12)17)14(18)16-9-10-5-2-1-3-6-10/h1-8,17H,9,15H2,(H,16,18). The number of carbonyl (C=O) groups excluding carboxylic acids is 1. The molecule has 0 fully saturated rings. The molecule has 4 nitrogen and oxygen atoms in total. The van der Waals surface area contributed by atoms with Crippen molar-refractivity contribution >= 4 is 11.6 Å². The van der Waals surface area contributed by atoms with Crippen molar-refractivity contribution in [2.45, 2.75) is 6.54 Å². The topological polar surface area (TPSA) is 75.4 Å². The third-order valence-electron chi connectivity index (χ3n) is 2.61. The van der Waals surface area contributed by atoms with Gasteiger partial charge in [0.1, 0.15) is 0 Å². The van der Waals surface area contributed by atoms with Crippen LogP contribution in [0.2, 0.25) is 0 Å². The Kier molecular flexibility index (Phi) is 3.48. The Labute approximate surface area is 105 Å². The van der Waals surface area contributed by atoms with Crippen LogP contribution in [0.3, 0.4) is 0 Å². The maximum atomic E-state index is 11.9. The second kappa shape index (κ2) is 5.23. The van der Waals surface area contributed by atoms with Gasteiger partial charge >= 0.3 is 0 Å². The molecule has 2 aromatic carbocycles. The van der Waals surface area contributed by atoms with Crippen molar-refractivity contribution in [3.8, 4) is 5.75 Å². The summed E-state index contributed by atoms with van der Waals surface area (Å²) in [4.78, 5) is 11.9. The number of anilines is 1. The summed E-state index contributed by atoms with van der Waals surface area (Å²) < 4.78 is 0. The number of nitrogens with two attached hydrogens (primary N) is 1. The molecule has 2 rings (SSSR count). The minimum Gasteiger partial charge on any atom is -0.505 e. The van der Waals surface area contributed by atoms with Gasteiger partial charge in [0.25, 0.3) is 5.91 Å². The van der Waals surface area contributed by atoms with Gasteiger partial charge in [-0.05, 0) is 17.7 Å². The fourth-order valence-electron chi connectivity index (χ4n) is 1.62.